The van der Waals surface area contributed by atoms with Crippen LogP contribution < -0.4 is 5.32 Å². The lowest BCUT2D eigenvalue weighted by Crippen LogP contribution is -2.59. The van der Waals surface area contributed by atoms with E-state index in [0.29, 0.717) is 44.6 Å². The SMILES string of the molecule is CNC(=O)/C(=C(\C=O)c1cn2c3c(cc(C#N)cc13)CN(C(=O)N1CC(F)(F)OC(F)(F)C1)CC2)c1cnc2ccccn12. The highest BCUT2D eigenvalue weighted by Crippen LogP contribution is 2.37. The fourth-order valence-electron chi connectivity index (χ4n) is 5.78. The Hall–Kier alpha value is -5.23. The maximum Gasteiger partial charge on any atom is 0.377 e. The number of pyridine rings is 1. The Bertz CT molecular complexity index is 1910. The Labute approximate surface area is 246 Å². The molecule has 5 heterocycles. The molecule has 0 spiro atoms. The molecule has 0 unspecified atom stereocenters. The number of allylic oxidation sites excluding steroid dienone is 1. The molecular formula is C29H23F4N7O4. The van der Waals surface area contributed by atoms with Gasteiger partial charge in [-0.15, -0.1) is 0 Å². The number of carbonyl (C=O) groups is 3. The predicted molar refractivity (Wildman–Crippen MR) is 147 cm³/mol. The van der Waals surface area contributed by atoms with Crippen LogP contribution in [0.1, 0.15) is 22.4 Å². The van der Waals surface area contributed by atoms with Crippen LogP contribution in [-0.2, 0) is 27.4 Å². The van der Waals surface area contributed by atoms with Gasteiger partial charge in [0.1, 0.15) is 18.7 Å². The summed E-state index contributed by atoms with van der Waals surface area (Å²) in [6.07, 6.45) is -3.15. The number of benzene rings is 1. The van der Waals surface area contributed by atoms with Crippen molar-refractivity contribution in [1.82, 2.24) is 29.1 Å². The van der Waals surface area contributed by atoms with Crippen LogP contribution in [0.5, 0.6) is 0 Å². The van der Waals surface area contributed by atoms with E-state index in [0.717, 1.165) is 4.90 Å². The molecule has 1 aromatic carbocycles. The van der Waals surface area contributed by atoms with Crippen molar-refractivity contribution in [3.05, 3.63) is 71.3 Å². The second-order valence-corrected chi connectivity index (χ2v) is 10.4. The van der Waals surface area contributed by atoms with Gasteiger partial charge >= 0.3 is 18.2 Å². The van der Waals surface area contributed by atoms with E-state index in [1.54, 1.807) is 45.6 Å². The van der Waals surface area contributed by atoms with Crippen LogP contribution in [0.4, 0.5) is 22.4 Å². The van der Waals surface area contributed by atoms with Crippen LogP contribution in [0.3, 0.4) is 0 Å². The van der Waals surface area contributed by atoms with Crippen LogP contribution in [0.25, 0.3) is 27.7 Å². The highest BCUT2D eigenvalue weighted by atomic mass is 19.3. The molecule has 3 amide bonds. The van der Waals surface area contributed by atoms with E-state index >= 15 is 0 Å². The van der Waals surface area contributed by atoms with E-state index in [9.17, 15) is 37.2 Å². The summed E-state index contributed by atoms with van der Waals surface area (Å²) in [6.45, 7) is -2.86. The molecular weight excluding hydrogens is 586 g/mol. The summed E-state index contributed by atoms with van der Waals surface area (Å²) in [5.41, 5.74) is 2.39. The Balaban J connectivity index is 1.48. The summed E-state index contributed by atoms with van der Waals surface area (Å²) < 4.78 is 62.4. The lowest BCUT2D eigenvalue weighted by atomic mass is 9.96. The first-order valence-corrected chi connectivity index (χ1v) is 13.3. The zero-order valence-electron chi connectivity index (χ0n) is 23.1. The molecule has 3 aromatic heterocycles. The van der Waals surface area contributed by atoms with E-state index < -0.39 is 37.2 Å². The minimum absolute atomic E-state index is 0.0195. The molecule has 11 nitrogen and oxygen atoms in total. The van der Waals surface area contributed by atoms with E-state index in [4.69, 9.17) is 0 Å². The third-order valence-corrected chi connectivity index (χ3v) is 7.55. The first-order chi connectivity index (χ1) is 20.9. The van der Waals surface area contributed by atoms with E-state index in [1.165, 1.54) is 19.3 Å². The van der Waals surface area contributed by atoms with Crippen LogP contribution in [0.15, 0.2) is 48.9 Å². The second kappa shape index (κ2) is 10.5. The molecule has 226 valence electrons. The number of hydrogen-bond donors (Lipinski definition) is 1. The van der Waals surface area contributed by atoms with E-state index in [-0.39, 0.29) is 36.3 Å². The molecule has 1 N–H and O–H groups in total. The number of urea groups is 1. The number of fused-ring (bicyclic) bond motifs is 1. The van der Waals surface area contributed by atoms with Gasteiger partial charge in [0.25, 0.3) is 5.91 Å². The van der Waals surface area contributed by atoms with Crippen LogP contribution in [0, 0.1) is 11.3 Å². The number of nitrogens with zero attached hydrogens (tertiary/aromatic N) is 6. The van der Waals surface area contributed by atoms with Gasteiger partial charge in [-0.25, -0.2) is 9.78 Å². The predicted octanol–water partition coefficient (Wildman–Crippen LogP) is 3.47. The number of alkyl halides is 4. The average Bonchev–Trinajstić information content (AvgIpc) is 3.51. The molecule has 0 saturated carbocycles. The van der Waals surface area contributed by atoms with Crippen molar-refractivity contribution in [2.75, 3.05) is 26.7 Å². The largest absolute Gasteiger partial charge is 0.377 e. The molecule has 1 saturated heterocycles. The smallest absolute Gasteiger partial charge is 0.355 e. The van der Waals surface area contributed by atoms with Gasteiger partial charge in [-0.05, 0) is 29.8 Å². The summed E-state index contributed by atoms with van der Waals surface area (Å²) >= 11 is 0. The molecule has 6 rings (SSSR count). The van der Waals surface area contributed by atoms with Crippen LogP contribution in [-0.4, -0.2) is 80.9 Å². The van der Waals surface area contributed by atoms with Crippen molar-refractivity contribution >= 4 is 45.9 Å². The minimum Gasteiger partial charge on any atom is -0.355 e. The zero-order chi connectivity index (χ0) is 31.4. The highest BCUT2D eigenvalue weighted by Gasteiger charge is 2.53. The number of likely N-dealkylation sites (N-methyl/N-ethyl adjacent to an activating group) is 1. The Kier molecular flexibility index (Phi) is 6.88. The lowest BCUT2D eigenvalue weighted by Gasteiger charge is -2.39. The fourth-order valence-corrected chi connectivity index (χ4v) is 5.78. The normalized spacial score (nSPS) is 18.0. The molecule has 0 radical (unpaired) electrons. The number of carbonyl (C=O) groups excluding carboxylic acids is 3. The van der Waals surface area contributed by atoms with Crippen molar-refractivity contribution in [2.24, 2.45) is 0 Å². The number of nitriles is 1. The molecule has 4 aromatic rings. The fraction of sp³-hybridized carbons (Fsp3) is 0.276. The van der Waals surface area contributed by atoms with E-state index in [2.05, 4.69) is 15.0 Å². The van der Waals surface area contributed by atoms with Gasteiger partial charge in [0, 0.05) is 55.6 Å². The topological polar surface area (TPSA) is 125 Å². The quantitative estimate of drug-likeness (QED) is 0.215. The third kappa shape index (κ3) is 4.92. The van der Waals surface area contributed by atoms with Gasteiger partial charge in [0.2, 0.25) is 0 Å². The minimum atomic E-state index is -4.24. The average molecular weight is 610 g/mol. The number of amides is 3. The van der Waals surface area contributed by atoms with Crippen molar-refractivity contribution in [3.63, 3.8) is 0 Å². The lowest BCUT2D eigenvalue weighted by molar-refractivity contribution is -0.400. The maximum absolute atomic E-state index is 13.9. The third-order valence-electron chi connectivity index (χ3n) is 7.55. The number of hydrogen-bond acceptors (Lipinski definition) is 6. The Morgan fingerprint density at radius 3 is 2.55 bits per heavy atom. The summed E-state index contributed by atoms with van der Waals surface area (Å²) in [5.74, 6) is -0.557. The van der Waals surface area contributed by atoms with Gasteiger partial charge in [-0.3, -0.25) is 18.7 Å². The number of aldehydes is 1. The number of nitrogens with one attached hydrogen (secondary N) is 1. The van der Waals surface area contributed by atoms with Crippen molar-refractivity contribution in [3.8, 4) is 6.07 Å². The van der Waals surface area contributed by atoms with Crippen LogP contribution >= 0.6 is 0 Å². The molecule has 0 atom stereocenters. The summed E-state index contributed by atoms with van der Waals surface area (Å²) in [7, 11) is 1.42. The molecule has 44 heavy (non-hydrogen) atoms. The summed E-state index contributed by atoms with van der Waals surface area (Å²) in [6, 6.07) is 9.31. The standard InChI is InChI=1S/C29H23F4N7O4/c1-35-26(42)24(22-11-36-23-4-2-3-5-40(22)23)21(14-41)20-13-37-6-7-38(12-18-8-17(10-34)9-19(20)25(18)37)27(43)39-15-28(30,31)44-29(32,33)16-39/h2-5,8-9,11,13-14H,6-7,12,15-16H2,1H3,(H,35,42)/b24-21+. The van der Waals surface area contributed by atoms with Crippen molar-refractivity contribution in [2.45, 2.75) is 25.3 Å². The number of rotatable bonds is 4. The molecule has 2 aliphatic heterocycles. The number of halogens is 4. The summed E-state index contributed by atoms with van der Waals surface area (Å²) in [5, 5.41) is 12.8. The summed E-state index contributed by atoms with van der Waals surface area (Å²) in [4.78, 5) is 45.1. The number of ether oxygens (including phenoxy) is 1. The molecule has 0 bridgehead atoms. The second-order valence-electron chi connectivity index (χ2n) is 10.4. The Morgan fingerprint density at radius 2 is 1.86 bits per heavy atom. The zero-order valence-corrected chi connectivity index (χ0v) is 23.1. The maximum atomic E-state index is 13.9. The van der Waals surface area contributed by atoms with Gasteiger partial charge in [0.15, 0.2) is 6.29 Å². The first kappa shape index (κ1) is 28.9. The van der Waals surface area contributed by atoms with Crippen LogP contribution in [0.2, 0.25) is 0 Å². The van der Waals surface area contributed by atoms with Gasteiger partial charge in [-0.2, -0.15) is 22.8 Å². The number of imidazole rings is 1. The Morgan fingerprint density at radius 1 is 1.11 bits per heavy atom. The van der Waals surface area contributed by atoms with Crippen molar-refractivity contribution in [1.29, 1.82) is 5.26 Å². The molecule has 2 aliphatic rings. The first-order valence-electron chi connectivity index (χ1n) is 13.3. The van der Waals surface area contributed by atoms with Gasteiger partial charge < -0.3 is 19.7 Å². The highest BCUT2D eigenvalue weighted by molar-refractivity contribution is 6.36. The monoisotopic (exact) mass is 609 g/mol. The van der Waals surface area contributed by atoms with E-state index in [1.807, 2.05) is 6.07 Å². The van der Waals surface area contributed by atoms with Gasteiger partial charge in [-0.1, -0.05) is 6.07 Å². The molecule has 1 fully saturated rings. The molecule has 0 aliphatic carbocycles. The number of aromatic nitrogens is 3. The van der Waals surface area contributed by atoms with Gasteiger partial charge in [0.05, 0.1) is 34.6 Å². The van der Waals surface area contributed by atoms with Crippen molar-refractivity contribution < 1.29 is 36.7 Å². The number of morpholine rings is 1. The molecule has 15 heteroatoms.